The van der Waals surface area contributed by atoms with Crippen molar-refractivity contribution in [2.75, 3.05) is 31.1 Å². The first kappa shape index (κ1) is 15.7. The van der Waals surface area contributed by atoms with Crippen LogP contribution >= 0.6 is 0 Å². The zero-order valence-corrected chi connectivity index (χ0v) is 12.7. The molecule has 1 saturated heterocycles. The number of piperazine rings is 1. The number of anilines is 1. The van der Waals surface area contributed by atoms with Gasteiger partial charge in [-0.15, -0.1) is 0 Å². The summed E-state index contributed by atoms with van der Waals surface area (Å²) >= 11 is 0. The first-order chi connectivity index (χ1) is 10.1. The summed E-state index contributed by atoms with van der Waals surface area (Å²) in [6.45, 7) is 7.65. The van der Waals surface area contributed by atoms with E-state index >= 15 is 0 Å². The Hall–Kier alpha value is -1.66. The van der Waals surface area contributed by atoms with E-state index in [1.165, 1.54) is 6.07 Å². The molecule has 1 aliphatic rings. The van der Waals surface area contributed by atoms with Gasteiger partial charge in [-0.2, -0.15) is 0 Å². The van der Waals surface area contributed by atoms with Crippen LogP contribution in [0.2, 0.25) is 0 Å². The van der Waals surface area contributed by atoms with Crippen molar-refractivity contribution in [3.8, 4) is 0 Å². The Morgan fingerprint density at radius 1 is 1.33 bits per heavy atom. The molecule has 1 N–H and O–H groups in total. The van der Waals surface area contributed by atoms with Crippen LogP contribution in [0, 0.1) is 10.1 Å². The number of nitro groups is 1. The molecule has 1 atom stereocenters. The van der Waals surface area contributed by atoms with Gasteiger partial charge >= 0.3 is 0 Å². The summed E-state index contributed by atoms with van der Waals surface area (Å²) < 4.78 is 0. The first-order valence-electron chi connectivity index (χ1n) is 7.44. The third-order valence-corrected chi connectivity index (χ3v) is 4.29. The van der Waals surface area contributed by atoms with E-state index in [0.29, 0.717) is 17.3 Å². The van der Waals surface area contributed by atoms with Crippen molar-refractivity contribution in [3.05, 3.63) is 33.9 Å². The highest BCUT2D eigenvalue weighted by Gasteiger charge is 2.25. The second kappa shape index (κ2) is 6.87. The number of nitro benzene ring substituents is 1. The highest BCUT2D eigenvalue weighted by Crippen LogP contribution is 2.30. The molecule has 2 rings (SSSR count). The van der Waals surface area contributed by atoms with Gasteiger partial charge in [-0.25, -0.2) is 0 Å². The number of hydrogen-bond acceptors (Lipinski definition) is 5. The Morgan fingerprint density at radius 2 is 2.00 bits per heavy atom. The standard InChI is InChI=1S/C15H23N3O3/c1-3-12(2)16-6-8-17(9-7-16)14-5-4-13(11-19)10-15(14)18(20)21/h4-5,10,12,19H,3,6-9,11H2,1-2H3. The number of aliphatic hydroxyl groups is 1. The molecule has 1 fully saturated rings. The maximum absolute atomic E-state index is 11.2. The quantitative estimate of drug-likeness (QED) is 0.664. The summed E-state index contributed by atoms with van der Waals surface area (Å²) in [5, 5.41) is 20.4. The second-order valence-corrected chi connectivity index (χ2v) is 5.52. The van der Waals surface area contributed by atoms with Crippen molar-refractivity contribution in [1.82, 2.24) is 4.90 Å². The summed E-state index contributed by atoms with van der Waals surface area (Å²) in [5.74, 6) is 0. The number of rotatable bonds is 5. The Balaban J connectivity index is 2.14. The molecule has 0 amide bonds. The van der Waals surface area contributed by atoms with Crippen LogP contribution < -0.4 is 4.90 Å². The molecular formula is C15H23N3O3. The fourth-order valence-electron chi connectivity index (χ4n) is 2.74. The molecule has 1 aromatic rings. The van der Waals surface area contributed by atoms with Crippen LogP contribution in [0.1, 0.15) is 25.8 Å². The number of nitrogens with zero attached hydrogens (tertiary/aromatic N) is 3. The molecule has 1 heterocycles. The maximum atomic E-state index is 11.2. The summed E-state index contributed by atoms with van der Waals surface area (Å²) in [5.41, 5.74) is 1.31. The predicted molar refractivity (Wildman–Crippen MR) is 82.6 cm³/mol. The van der Waals surface area contributed by atoms with E-state index in [-0.39, 0.29) is 17.2 Å². The number of benzene rings is 1. The Bertz CT molecular complexity index is 499. The van der Waals surface area contributed by atoms with Crippen LogP contribution in [0.25, 0.3) is 0 Å². The van der Waals surface area contributed by atoms with Gasteiger partial charge in [0, 0.05) is 38.3 Å². The second-order valence-electron chi connectivity index (χ2n) is 5.52. The molecule has 0 bridgehead atoms. The van der Waals surface area contributed by atoms with Crippen molar-refractivity contribution in [1.29, 1.82) is 0 Å². The van der Waals surface area contributed by atoms with Crippen LogP contribution in [-0.4, -0.2) is 47.2 Å². The largest absolute Gasteiger partial charge is 0.392 e. The van der Waals surface area contributed by atoms with Crippen LogP contribution in [-0.2, 0) is 6.61 Å². The minimum absolute atomic E-state index is 0.0820. The molecule has 21 heavy (non-hydrogen) atoms. The molecule has 6 heteroatoms. The lowest BCUT2D eigenvalue weighted by Gasteiger charge is -2.38. The predicted octanol–water partition coefficient (Wildman–Crippen LogP) is 2.01. The molecule has 1 unspecified atom stereocenters. The highest BCUT2D eigenvalue weighted by molar-refractivity contribution is 5.64. The average Bonchev–Trinajstić information content (AvgIpc) is 2.53. The smallest absolute Gasteiger partial charge is 0.292 e. The van der Waals surface area contributed by atoms with Gasteiger partial charge in [0.2, 0.25) is 0 Å². The van der Waals surface area contributed by atoms with Crippen LogP contribution in [0.4, 0.5) is 11.4 Å². The third-order valence-electron chi connectivity index (χ3n) is 4.29. The van der Waals surface area contributed by atoms with Crippen molar-refractivity contribution in [2.45, 2.75) is 32.9 Å². The molecule has 0 aromatic heterocycles. The van der Waals surface area contributed by atoms with E-state index in [4.69, 9.17) is 5.11 Å². The molecule has 6 nitrogen and oxygen atoms in total. The summed E-state index contributed by atoms with van der Waals surface area (Å²) in [6, 6.07) is 5.53. The fourth-order valence-corrected chi connectivity index (χ4v) is 2.74. The first-order valence-corrected chi connectivity index (χ1v) is 7.44. The summed E-state index contributed by atoms with van der Waals surface area (Å²) in [4.78, 5) is 15.4. The van der Waals surface area contributed by atoms with E-state index < -0.39 is 0 Å². The third kappa shape index (κ3) is 3.51. The van der Waals surface area contributed by atoms with Gasteiger partial charge in [-0.3, -0.25) is 15.0 Å². The number of hydrogen-bond donors (Lipinski definition) is 1. The highest BCUT2D eigenvalue weighted by atomic mass is 16.6. The summed E-state index contributed by atoms with van der Waals surface area (Å²) in [7, 11) is 0. The van der Waals surface area contributed by atoms with E-state index in [1.54, 1.807) is 12.1 Å². The Kier molecular flexibility index (Phi) is 5.14. The van der Waals surface area contributed by atoms with E-state index in [1.807, 2.05) is 0 Å². The SMILES string of the molecule is CCC(C)N1CCN(c2ccc(CO)cc2[N+](=O)[O-])CC1. The zero-order valence-electron chi connectivity index (χ0n) is 12.7. The fraction of sp³-hybridized carbons (Fsp3) is 0.600. The monoisotopic (exact) mass is 293 g/mol. The van der Waals surface area contributed by atoms with E-state index in [0.717, 1.165) is 32.6 Å². The van der Waals surface area contributed by atoms with Gasteiger partial charge in [-0.1, -0.05) is 13.0 Å². The molecule has 0 spiro atoms. The van der Waals surface area contributed by atoms with Gasteiger partial charge in [0.25, 0.3) is 5.69 Å². The van der Waals surface area contributed by atoms with E-state index in [9.17, 15) is 10.1 Å². The van der Waals surface area contributed by atoms with Crippen LogP contribution in [0.5, 0.6) is 0 Å². The molecule has 0 aliphatic carbocycles. The van der Waals surface area contributed by atoms with Crippen LogP contribution in [0.15, 0.2) is 18.2 Å². The van der Waals surface area contributed by atoms with Crippen molar-refractivity contribution in [2.24, 2.45) is 0 Å². The van der Waals surface area contributed by atoms with Gasteiger partial charge in [-0.05, 0) is 25.0 Å². The lowest BCUT2D eigenvalue weighted by molar-refractivity contribution is -0.384. The molecule has 1 aliphatic heterocycles. The number of aliphatic hydroxyl groups excluding tert-OH is 1. The Morgan fingerprint density at radius 3 is 2.52 bits per heavy atom. The van der Waals surface area contributed by atoms with Gasteiger partial charge in [0.1, 0.15) is 5.69 Å². The maximum Gasteiger partial charge on any atom is 0.292 e. The van der Waals surface area contributed by atoms with Gasteiger partial charge < -0.3 is 10.0 Å². The molecular weight excluding hydrogens is 270 g/mol. The minimum atomic E-state index is -0.366. The van der Waals surface area contributed by atoms with Gasteiger partial charge in [0.05, 0.1) is 11.5 Å². The van der Waals surface area contributed by atoms with Crippen molar-refractivity contribution >= 4 is 11.4 Å². The molecule has 0 saturated carbocycles. The van der Waals surface area contributed by atoms with Crippen LogP contribution in [0.3, 0.4) is 0 Å². The zero-order chi connectivity index (χ0) is 15.4. The molecule has 116 valence electrons. The summed E-state index contributed by atoms with van der Waals surface area (Å²) in [6.07, 6.45) is 1.12. The van der Waals surface area contributed by atoms with Crippen molar-refractivity contribution < 1.29 is 10.0 Å². The lowest BCUT2D eigenvalue weighted by atomic mass is 10.1. The molecule has 1 aromatic carbocycles. The molecule has 0 radical (unpaired) electrons. The Labute approximate surface area is 125 Å². The van der Waals surface area contributed by atoms with E-state index in [2.05, 4.69) is 23.6 Å². The normalized spacial score (nSPS) is 17.8. The minimum Gasteiger partial charge on any atom is -0.392 e. The van der Waals surface area contributed by atoms with Crippen molar-refractivity contribution in [3.63, 3.8) is 0 Å². The lowest BCUT2D eigenvalue weighted by Crippen LogP contribution is -2.49. The topological polar surface area (TPSA) is 69.8 Å². The average molecular weight is 293 g/mol. The van der Waals surface area contributed by atoms with Gasteiger partial charge in [0.15, 0.2) is 0 Å².